The minimum atomic E-state index is -4.57. The highest BCUT2D eigenvalue weighted by molar-refractivity contribution is 5.95. The smallest absolute Gasteiger partial charge is 0.336 e. The summed E-state index contributed by atoms with van der Waals surface area (Å²) in [7, 11) is 1.44. The first-order chi connectivity index (χ1) is 12.2. The van der Waals surface area contributed by atoms with Crippen LogP contribution in [-0.4, -0.2) is 30.3 Å². The van der Waals surface area contributed by atoms with Gasteiger partial charge in [-0.05, 0) is 24.6 Å². The zero-order chi connectivity index (χ0) is 19.3. The van der Waals surface area contributed by atoms with Gasteiger partial charge in [-0.2, -0.15) is 13.2 Å². The second-order valence-electron chi connectivity index (χ2n) is 6.00. The quantitative estimate of drug-likeness (QED) is 0.880. The van der Waals surface area contributed by atoms with Crippen LogP contribution in [0.2, 0.25) is 0 Å². The molecule has 0 heterocycles. The summed E-state index contributed by atoms with van der Waals surface area (Å²) in [5.74, 6) is -0.991. The van der Waals surface area contributed by atoms with Crippen LogP contribution in [0, 0.1) is 6.92 Å². The number of halogens is 3. The standard InChI is InChI=1S/C19H19F3N2O2/c1-13-7-9-14(10-8-13)11-18(26)24(2)12-17(25)23-16-6-4-3-5-15(16)19(20,21)22/h3-10H,11-12H2,1-2H3,(H,23,25). The van der Waals surface area contributed by atoms with Crippen molar-refractivity contribution in [1.29, 1.82) is 0 Å². The van der Waals surface area contributed by atoms with Crippen LogP contribution in [0.3, 0.4) is 0 Å². The lowest BCUT2D eigenvalue weighted by Gasteiger charge is -2.18. The van der Waals surface area contributed by atoms with Crippen molar-refractivity contribution in [2.45, 2.75) is 19.5 Å². The van der Waals surface area contributed by atoms with Crippen LogP contribution in [0.1, 0.15) is 16.7 Å². The Kier molecular flexibility index (Phi) is 6.02. The van der Waals surface area contributed by atoms with Gasteiger partial charge in [0.1, 0.15) is 0 Å². The second-order valence-corrected chi connectivity index (χ2v) is 6.00. The fourth-order valence-corrected chi connectivity index (χ4v) is 2.35. The highest BCUT2D eigenvalue weighted by Gasteiger charge is 2.33. The number of rotatable bonds is 5. The molecule has 0 radical (unpaired) electrons. The Labute approximate surface area is 149 Å². The minimum Gasteiger partial charge on any atom is -0.336 e. The van der Waals surface area contributed by atoms with Crippen molar-refractivity contribution < 1.29 is 22.8 Å². The molecule has 0 aliphatic carbocycles. The molecule has 2 aromatic carbocycles. The van der Waals surface area contributed by atoms with Crippen molar-refractivity contribution >= 4 is 17.5 Å². The number of nitrogens with zero attached hydrogens (tertiary/aromatic N) is 1. The third-order valence-corrected chi connectivity index (χ3v) is 3.79. The average molecular weight is 364 g/mol. The lowest BCUT2D eigenvalue weighted by molar-refractivity contribution is -0.137. The number of nitrogens with one attached hydrogen (secondary N) is 1. The SMILES string of the molecule is Cc1ccc(CC(=O)N(C)CC(=O)Nc2ccccc2C(F)(F)F)cc1. The van der Waals surface area contributed by atoms with Gasteiger partial charge in [-0.1, -0.05) is 42.0 Å². The van der Waals surface area contributed by atoms with Crippen LogP contribution in [0.5, 0.6) is 0 Å². The largest absolute Gasteiger partial charge is 0.418 e. The van der Waals surface area contributed by atoms with Crippen molar-refractivity contribution in [3.05, 3.63) is 65.2 Å². The Morgan fingerprint density at radius 3 is 2.27 bits per heavy atom. The van der Waals surface area contributed by atoms with Gasteiger partial charge in [-0.3, -0.25) is 9.59 Å². The van der Waals surface area contributed by atoms with Gasteiger partial charge in [0.25, 0.3) is 0 Å². The molecule has 0 fully saturated rings. The Morgan fingerprint density at radius 2 is 1.65 bits per heavy atom. The van der Waals surface area contributed by atoms with Crippen molar-refractivity contribution in [3.63, 3.8) is 0 Å². The van der Waals surface area contributed by atoms with E-state index >= 15 is 0 Å². The fourth-order valence-electron chi connectivity index (χ4n) is 2.35. The van der Waals surface area contributed by atoms with Crippen molar-refractivity contribution in [3.8, 4) is 0 Å². The van der Waals surface area contributed by atoms with Gasteiger partial charge in [-0.15, -0.1) is 0 Å². The number of likely N-dealkylation sites (N-methyl/N-ethyl adjacent to an activating group) is 1. The zero-order valence-electron chi connectivity index (χ0n) is 14.4. The van der Waals surface area contributed by atoms with E-state index in [4.69, 9.17) is 0 Å². The van der Waals surface area contributed by atoms with E-state index in [0.29, 0.717) is 0 Å². The summed E-state index contributed by atoms with van der Waals surface area (Å²) in [6.45, 7) is 1.59. The van der Waals surface area contributed by atoms with Crippen molar-refractivity contribution in [1.82, 2.24) is 4.90 Å². The molecule has 0 unspecified atom stereocenters. The van der Waals surface area contributed by atoms with Crippen LogP contribution < -0.4 is 5.32 Å². The van der Waals surface area contributed by atoms with E-state index in [1.807, 2.05) is 31.2 Å². The molecule has 26 heavy (non-hydrogen) atoms. The zero-order valence-corrected chi connectivity index (χ0v) is 14.4. The summed E-state index contributed by atoms with van der Waals surface area (Å²) >= 11 is 0. The molecule has 0 aliphatic rings. The molecule has 0 aliphatic heterocycles. The van der Waals surface area contributed by atoms with Crippen LogP contribution in [0.15, 0.2) is 48.5 Å². The molecule has 138 valence electrons. The van der Waals surface area contributed by atoms with Crippen molar-refractivity contribution in [2.24, 2.45) is 0 Å². The molecular formula is C19H19F3N2O2. The Bertz CT molecular complexity index is 786. The fraction of sp³-hybridized carbons (Fsp3) is 0.263. The number of carbonyl (C=O) groups is 2. The molecule has 0 saturated heterocycles. The highest BCUT2D eigenvalue weighted by atomic mass is 19.4. The first kappa shape index (κ1) is 19.5. The predicted octanol–water partition coefficient (Wildman–Crippen LogP) is 3.65. The Balaban J connectivity index is 1.97. The maximum Gasteiger partial charge on any atom is 0.418 e. The number of amides is 2. The van der Waals surface area contributed by atoms with Crippen LogP contribution in [0.25, 0.3) is 0 Å². The van der Waals surface area contributed by atoms with Gasteiger partial charge in [0.2, 0.25) is 11.8 Å². The lowest BCUT2D eigenvalue weighted by Crippen LogP contribution is -2.36. The van der Waals surface area contributed by atoms with Crippen LogP contribution in [-0.2, 0) is 22.2 Å². The number of para-hydroxylation sites is 1. The first-order valence-corrected chi connectivity index (χ1v) is 7.92. The summed E-state index contributed by atoms with van der Waals surface area (Å²) in [6, 6.07) is 12.1. The number of hydrogen-bond donors (Lipinski definition) is 1. The molecule has 0 atom stereocenters. The monoisotopic (exact) mass is 364 g/mol. The van der Waals surface area contributed by atoms with E-state index in [1.165, 1.54) is 30.1 Å². The molecule has 0 aromatic heterocycles. The topological polar surface area (TPSA) is 49.4 Å². The van der Waals surface area contributed by atoms with Gasteiger partial charge in [0.15, 0.2) is 0 Å². The number of anilines is 1. The van der Waals surface area contributed by atoms with E-state index in [1.54, 1.807) is 0 Å². The third kappa shape index (κ3) is 5.34. The summed E-state index contributed by atoms with van der Waals surface area (Å²) in [6.07, 6.45) is -4.46. The second kappa shape index (κ2) is 8.03. The molecular weight excluding hydrogens is 345 g/mol. The Morgan fingerprint density at radius 1 is 1.04 bits per heavy atom. The summed E-state index contributed by atoms with van der Waals surface area (Å²) in [5, 5.41) is 2.22. The maximum atomic E-state index is 12.9. The third-order valence-electron chi connectivity index (χ3n) is 3.79. The molecule has 7 heteroatoms. The van der Waals surface area contributed by atoms with Crippen LogP contribution >= 0.6 is 0 Å². The molecule has 2 amide bonds. The van der Waals surface area contributed by atoms with Gasteiger partial charge in [-0.25, -0.2) is 0 Å². The normalized spacial score (nSPS) is 11.1. The first-order valence-electron chi connectivity index (χ1n) is 7.92. The van der Waals surface area contributed by atoms with Gasteiger partial charge < -0.3 is 10.2 Å². The number of hydrogen-bond acceptors (Lipinski definition) is 2. The Hall–Kier alpha value is -2.83. The molecule has 1 N–H and O–H groups in total. The highest BCUT2D eigenvalue weighted by Crippen LogP contribution is 2.34. The van der Waals surface area contributed by atoms with E-state index in [9.17, 15) is 22.8 Å². The maximum absolute atomic E-state index is 12.9. The minimum absolute atomic E-state index is 0.114. The number of aryl methyl sites for hydroxylation is 1. The van der Waals surface area contributed by atoms with Crippen molar-refractivity contribution in [2.75, 3.05) is 18.9 Å². The van der Waals surface area contributed by atoms with E-state index in [0.717, 1.165) is 17.2 Å². The molecule has 2 aromatic rings. The molecule has 0 bridgehead atoms. The molecule has 4 nitrogen and oxygen atoms in total. The van der Waals surface area contributed by atoms with Crippen LogP contribution in [0.4, 0.5) is 18.9 Å². The number of benzene rings is 2. The van der Waals surface area contributed by atoms with E-state index in [-0.39, 0.29) is 24.6 Å². The lowest BCUT2D eigenvalue weighted by atomic mass is 10.1. The summed E-state index contributed by atoms with van der Waals surface area (Å²) < 4.78 is 38.8. The van der Waals surface area contributed by atoms with E-state index < -0.39 is 17.6 Å². The summed E-state index contributed by atoms with van der Waals surface area (Å²) in [5.41, 5.74) is 0.610. The van der Waals surface area contributed by atoms with E-state index in [2.05, 4.69) is 5.32 Å². The molecule has 0 saturated carbocycles. The molecule has 0 spiro atoms. The van der Waals surface area contributed by atoms with Gasteiger partial charge in [0, 0.05) is 7.05 Å². The summed E-state index contributed by atoms with van der Waals surface area (Å²) in [4.78, 5) is 25.4. The number of alkyl halides is 3. The number of carbonyl (C=O) groups excluding carboxylic acids is 2. The predicted molar refractivity (Wildman–Crippen MR) is 92.6 cm³/mol. The van der Waals surface area contributed by atoms with Gasteiger partial charge >= 0.3 is 6.18 Å². The average Bonchev–Trinajstić information content (AvgIpc) is 2.56. The molecule has 2 rings (SSSR count). The van der Waals surface area contributed by atoms with Gasteiger partial charge in [0.05, 0.1) is 24.2 Å².